The van der Waals surface area contributed by atoms with Crippen molar-refractivity contribution in [2.75, 3.05) is 19.7 Å². The highest BCUT2D eigenvalue weighted by molar-refractivity contribution is 7.93. The summed E-state index contributed by atoms with van der Waals surface area (Å²) in [6.07, 6.45) is -4.26. The monoisotopic (exact) mass is 493 g/mol. The normalized spacial score (nSPS) is 16.0. The molecule has 2 aromatic rings. The standard InChI is InChI=1S/C21H22F3NO5S.ClH/c1-2-29-19(26)20(11-13-25-14-12-20)31(27,28)18-9-7-17(8-10-18)30-16-5-3-15(4-6-16)21(22,23)24;/h3-10,25H,2,11-14H2,1H3;1H. The maximum absolute atomic E-state index is 13.4. The lowest BCUT2D eigenvalue weighted by molar-refractivity contribution is -0.147. The molecule has 176 valence electrons. The van der Waals surface area contributed by atoms with Crippen molar-refractivity contribution in [2.24, 2.45) is 0 Å². The highest BCUT2D eigenvalue weighted by Crippen LogP contribution is 2.36. The number of sulfone groups is 1. The highest BCUT2D eigenvalue weighted by atomic mass is 35.5. The van der Waals surface area contributed by atoms with Gasteiger partial charge in [0.25, 0.3) is 0 Å². The van der Waals surface area contributed by atoms with Gasteiger partial charge in [-0.25, -0.2) is 8.42 Å². The lowest BCUT2D eigenvalue weighted by Crippen LogP contribution is -2.54. The van der Waals surface area contributed by atoms with Gasteiger partial charge in [0.1, 0.15) is 11.5 Å². The second kappa shape index (κ2) is 10.1. The van der Waals surface area contributed by atoms with Crippen LogP contribution >= 0.6 is 12.4 Å². The Kier molecular flexibility index (Phi) is 8.19. The fraction of sp³-hybridized carbons (Fsp3) is 0.381. The average molecular weight is 494 g/mol. The van der Waals surface area contributed by atoms with Crippen LogP contribution < -0.4 is 10.1 Å². The van der Waals surface area contributed by atoms with Crippen molar-refractivity contribution >= 4 is 28.2 Å². The molecule has 0 bridgehead atoms. The summed E-state index contributed by atoms with van der Waals surface area (Å²) in [6.45, 7) is 2.43. The van der Waals surface area contributed by atoms with Crippen LogP contribution in [0.3, 0.4) is 0 Å². The molecule has 1 aliphatic heterocycles. The second-order valence-corrected chi connectivity index (χ2v) is 9.32. The predicted molar refractivity (Wildman–Crippen MR) is 114 cm³/mol. The lowest BCUT2D eigenvalue weighted by atomic mass is 9.97. The van der Waals surface area contributed by atoms with Crippen LogP contribution in [-0.4, -0.2) is 38.8 Å². The van der Waals surface area contributed by atoms with Gasteiger partial charge in [0.15, 0.2) is 14.6 Å². The van der Waals surface area contributed by atoms with Gasteiger partial charge < -0.3 is 14.8 Å². The van der Waals surface area contributed by atoms with Crippen LogP contribution in [0.15, 0.2) is 53.4 Å². The fourth-order valence-electron chi connectivity index (χ4n) is 3.44. The summed E-state index contributed by atoms with van der Waals surface area (Å²) in [4.78, 5) is 12.6. The molecule has 0 atom stereocenters. The maximum Gasteiger partial charge on any atom is 0.416 e. The first-order valence-electron chi connectivity index (χ1n) is 9.68. The Morgan fingerprint density at radius 2 is 1.50 bits per heavy atom. The van der Waals surface area contributed by atoms with E-state index in [4.69, 9.17) is 9.47 Å². The molecule has 0 amide bonds. The molecule has 32 heavy (non-hydrogen) atoms. The van der Waals surface area contributed by atoms with E-state index in [1.165, 1.54) is 36.4 Å². The van der Waals surface area contributed by atoms with Gasteiger partial charge in [0.05, 0.1) is 17.1 Å². The average Bonchev–Trinajstić information content (AvgIpc) is 2.74. The number of hydrogen-bond donors (Lipinski definition) is 1. The van der Waals surface area contributed by atoms with E-state index in [1.807, 2.05) is 0 Å². The Bertz CT molecular complexity index is 1020. The summed E-state index contributed by atoms with van der Waals surface area (Å²) in [7, 11) is -4.05. The van der Waals surface area contributed by atoms with Crippen molar-refractivity contribution in [3.05, 3.63) is 54.1 Å². The Morgan fingerprint density at radius 3 is 1.97 bits per heavy atom. The van der Waals surface area contributed by atoms with Crippen LogP contribution in [0.4, 0.5) is 13.2 Å². The Labute approximate surface area is 190 Å². The van der Waals surface area contributed by atoms with E-state index in [1.54, 1.807) is 6.92 Å². The molecular formula is C21H23ClF3NO5S. The van der Waals surface area contributed by atoms with Crippen LogP contribution in [0.25, 0.3) is 0 Å². The zero-order valence-corrected chi connectivity index (χ0v) is 18.8. The van der Waals surface area contributed by atoms with Crippen LogP contribution in [0.5, 0.6) is 11.5 Å². The Balaban J connectivity index is 0.00000363. The molecule has 0 spiro atoms. The molecule has 1 heterocycles. The van der Waals surface area contributed by atoms with E-state index >= 15 is 0 Å². The summed E-state index contributed by atoms with van der Waals surface area (Å²) in [6, 6.07) is 9.57. The van der Waals surface area contributed by atoms with Crippen LogP contribution in [0.1, 0.15) is 25.3 Å². The lowest BCUT2D eigenvalue weighted by Gasteiger charge is -2.34. The van der Waals surface area contributed by atoms with Crippen molar-refractivity contribution in [2.45, 2.75) is 35.6 Å². The van der Waals surface area contributed by atoms with Crippen LogP contribution in [0, 0.1) is 0 Å². The van der Waals surface area contributed by atoms with Crippen LogP contribution in [-0.2, 0) is 25.5 Å². The third-order valence-electron chi connectivity index (χ3n) is 5.12. The van der Waals surface area contributed by atoms with E-state index in [0.29, 0.717) is 13.1 Å². The highest BCUT2D eigenvalue weighted by Gasteiger charge is 2.53. The molecule has 1 aliphatic rings. The summed E-state index contributed by atoms with van der Waals surface area (Å²) in [5.41, 5.74) is -0.799. The minimum absolute atomic E-state index is 0. The molecule has 0 saturated carbocycles. The molecule has 6 nitrogen and oxygen atoms in total. The van der Waals surface area contributed by atoms with Crippen molar-refractivity contribution in [1.82, 2.24) is 5.32 Å². The van der Waals surface area contributed by atoms with Gasteiger partial charge in [-0.2, -0.15) is 13.2 Å². The Hall–Kier alpha value is -2.30. The number of halogens is 4. The largest absolute Gasteiger partial charge is 0.465 e. The molecule has 0 aliphatic carbocycles. The van der Waals surface area contributed by atoms with E-state index < -0.39 is 32.3 Å². The number of benzene rings is 2. The topological polar surface area (TPSA) is 81.7 Å². The third-order valence-corrected chi connectivity index (χ3v) is 7.62. The first-order valence-corrected chi connectivity index (χ1v) is 11.2. The van der Waals surface area contributed by atoms with E-state index in [9.17, 15) is 26.4 Å². The van der Waals surface area contributed by atoms with E-state index in [0.717, 1.165) is 12.1 Å². The predicted octanol–water partition coefficient (Wildman–Crippen LogP) is 4.38. The van der Waals surface area contributed by atoms with Gasteiger partial charge in [0.2, 0.25) is 0 Å². The first-order chi connectivity index (χ1) is 14.6. The molecule has 2 aromatic carbocycles. The first kappa shape index (κ1) is 26.0. The number of hydrogen-bond acceptors (Lipinski definition) is 6. The van der Waals surface area contributed by atoms with Gasteiger partial charge in [0, 0.05) is 0 Å². The quantitative estimate of drug-likeness (QED) is 0.601. The van der Waals surface area contributed by atoms with Gasteiger partial charge in [-0.3, -0.25) is 4.79 Å². The molecule has 1 N–H and O–H groups in total. The number of carbonyl (C=O) groups is 1. The number of rotatable bonds is 6. The maximum atomic E-state index is 13.4. The van der Waals surface area contributed by atoms with Gasteiger partial charge in [-0.15, -0.1) is 12.4 Å². The second-order valence-electron chi connectivity index (χ2n) is 7.06. The van der Waals surface area contributed by atoms with Gasteiger partial charge in [-0.1, -0.05) is 0 Å². The molecule has 0 aromatic heterocycles. The molecule has 0 unspecified atom stereocenters. The van der Waals surface area contributed by atoms with Crippen molar-refractivity contribution in [1.29, 1.82) is 0 Å². The zero-order chi connectivity index (χ0) is 22.7. The summed E-state index contributed by atoms with van der Waals surface area (Å²) < 4.78 is 73.6. The Morgan fingerprint density at radius 1 is 1.00 bits per heavy atom. The molecule has 1 fully saturated rings. The summed E-state index contributed by atoms with van der Waals surface area (Å²) in [5, 5.41) is 3.05. The van der Waals surface area contributed by atoms with Crippen molar-refractivity contribution < 1.29 is 35.9 Å². The number of alkyl halides is 3. The minimum Gasteiger partial charge on any atom is -0.465 e. The van der Waals surface area contributed by atoms with E-state index in [2.05, 4.69) is 5.32 Å². The van der Waals surface area contributed by atoms with Crippen LogP contribution in [0.2, 0.25) is 0 Å². The summed E-state index contributed by atoms with van der Waals surface area (Å²) >= 11 is 0. The van der Waals surface area contributed by atoms with Crippen molar-refractivity contribution in [3.63, 3.8) is 0 Å². The number of carbonyl (C=O) groups excluding carboxylic acids is 1. The van der Waals surface area contributed by atoms with Crippen molar-refractivity contribution in [3.8, 4) is 11.5 Å². The van der Waals surface area contributed by atoms with E-state index in [-0.39, 0.29) is 48.3 Å². The molecule has 3 rings (SSSR count). The smallest absolute Gasteiger partial charge is 0.416 e. The third kappa shape index (κ3) is 5.19. The summed E-state index contributed by atoms with van der Waals surface area (Å²) in [5.74, 6) is -0.347. The van der Waals surface area contributed by atoms with Gasteiger partial charge >= 0.3 is 12.1 Å². The molecular weight excluding hydrogens is 471 g/mol. The molecule has 1 saturated heterocycles. The number of ether oxygens (including phenoxy) is 2. The number of esters is 1. The fourth-order valence-corrected chi connectivity index (χ4v) is 5.40. The SMILES string of the molecule is CCOC(=O)C1(S(=O)(=O)c2ccc(Oc3ccc(C(F)(F)F)cc3)cc2)CCNCC1.Cl. The molecule has 11 heteroatoms. The van der Waals surface area contributed by atoms with Gasteiger partial charge in [-0.05, 0) is 81.4 Å². The number of nitrogens with one attached hydrogen (secondary N) is 1. The number of piperidine rings is 1. The molecule has 0 radical (unpaired) electrons. The minimum atomic E-state index is -4.45. The zero-order valence-electron chi connectivity index (χ0n) is 17.1.